The van der Waals surface area contributed by atoms with E-state index in [1.807, 2.05) is 30.3 Å². The van der Waals surface area contributed by atoms with Gasteiger partial charge in [0.15, 0.2) is 0 Å². The Morgan fingerprint density at radius 1 is 0.967 bits per heavy atom. The number of benzene rings is 1. The van der Waals surface area contributed by atoms with Crippen LogP contribution in [0.25, 0.3) is 11.3 Å². The van der Waals surface area contributed by atoms with Crippen molar-refractivity contribution in [2.24, 2.45) is 0 Å². The van der Waals surface area contributed by atoms with Crippen molar-refractivity contribution in [1.82, 2.24) is 20.2 Å². The summed E-state index contributed by atoms with van der Waals surface area (Å²) in [6.45, 7) is 3.94. The largest absolute Gasteiger partial charge is 0.367 e. The van der Waals surface area contributed by atoms with E-state index in [0.29, 0.717) is 18.2 Å². The highest BCUT2D eigenvalue weighted by Crippen LogP contribution is 2.23. The second kappa shape index (κ2) is 10.5. The second-order valence-corrected chi connectivity index (χ2v) is 8.50. The molecule has 4 rings (SSSR count). The number of amides is 1. The number of carbonyl (C=O) groups is 1. The van der Waals surface area contributed by atoms with Crippen molar-refractivity contribution in [2.45, 2.75) is 57.4 Å². The summed E-state index contributed by atoms with van der Waals surface area (Å²) in [5, 5.41) is 6.60. The van der Waals surface area contributed by atoms with E-state index >= 15 is 0 Å². The fourth-order valence-corrected chi connectivity index (χ4v) is 4.46. The van der Waals surface area contributed by atoms with Gasteiger partial charge in [-0.05, 0) is 50.9 Å². The normalized spacial score (nSPS) is 18.1. The van der Waals surface area contributed by atoms with Crippen LogP contribution in [0, 0.1) is 0 Å². The van der Waals surface area contributed by atoms with Gasteiger partial charge in [0.2, 0.25) is 0 Å². The van der Waals surface area contributed by atoms with Crippen LogP contribution < -0.4 is 10.6 Å². The van der Waals surface area contributed by atoms with E-state index in [-0.39, 0.29) is 5.91 Å². The lowest BCUT2D eigenvalue weighted by molar-refractivity contribution is 0.0946. The molecule has 1 amide bonds. The van der Waals surface area contributed by atoms with Gasteiger partial charge in [-0.15, -0.1) is 0 Å². The van der Waals surface area contributed by atoms with Gasteiger partial charge in [0.25, 0.3) is 5.91 Å². The van der Waals surface area contributed by atoms with E-state index in [9.17, 15) is 4.79 Å². The maximum atomic E-state index is 12.4. The van der Waals surface area contributed by atoms with Crippen LogP contribution in [-0.2, 0) is 0 Å². The van der Waals surface area contributed by atoms with E-state index < -0.39 is 0 Å². The van der Waals surface area contributed by atoms with Gasteiger partial charge in [-0.2, -0.15) is 0 Å². The molecule has 2 fully saturated rings. The van der Waals surface area contributed by atoms with Crippen molar-refractivity contribution >= 4 is 11.7 Å². The number of nitrogens with one attached hydrogen (secondary N) is 2. The van der Waals surface area contributed by atoms with Crippen molar-refractivity contribution in [3.63, 3.8) is 0 Å². The molecule has 1 saturated heterocycles. The Kier molecular flexibility index (Phi) is 7.29. The highest BCUT2D eigenvalue weighted by Gasteiger charge is 2.14. The SMILES string of the molecule is O=C(NCCN1CCCCC1)c1ccc(-c2cc(NC3CCCCC3)ncn2)cc1. The summed E-state index contributed by atoms with van der Waals surface area (Å²) in [5.41, 5.74) is 2.56. The third-order valence-corrected chi connectivity index (χ3v) is 6.23. The van der Waals surface area contributed by atoms with Crippen molar-refractivity contribution < 1.29 is 4.79 Å². The average Bonchev–Trinajstić information content (AvgIpc) is 2.81. The molecule has 1 aromatic carbocycles. The van der Waals surface area contributed by atoms with Gasteiger partial charge in [0.05, 0.1) is 5.69 Å². The number of aromatic nitrogens is 2. The molecule has 1 saturated carbocycles. The molecule has 2 aliphatic rings. The minimum atomic E-state index is -0.0131. The fourth-order valence-electron chi connectivity index (χ4n) is 4.46. The van der Waals surface area contributed by atoms with Gasteiger partial charge in [-0.3, -0.25) is 4.79 Å². The number of hydrogen-bond acceptors (Lipinski definition) is 5. The molecule has 0 unspecified atom stereocenters. The molecule has 0 atom stereocenters. The van der Waals surface area contributed by atoms with Crippen LogP contribution >= 0.6 is 0 Å². The Morgan fingerprint density at radius 2 is 1.70 bits per heavy atom. The Labute approximate surface area is 179 Å². The lowest BCUT2D eigenvalue weighted by Gasteiger charge is -2.26. The zero-order valence-corrected chi connectivity index (χ0v) is 17.8. The predicted octanol–water partition coefficient (Wildman–Crippen LogP) is 4.10. The van der Waals surface area contributed by atoms with E-state index in [4.69, 9.17) is 0 Å². The third kappa shape index (κ3) is 5.79. The molecular weight excluding hydrogens is 374 g/mol. The summed E-state index contributed by atoms with van der Waals surface area (Å²) in [6, 6.07) is 10.2. The predicted molar refractivity (Wildman–Crippen MR) is 121 cm³/mol. The molecule has 0 spiro atoms. The third-order valence-electron chi connectivity index (χ3n) is 6.23. The lowest BCUT2D eigenvalue weighted by Crippen LogP contribution is -2.37. The molecule has 0 bridgehead atoms. The van der Waals surface area contributed by atoms with Gasteiger partial charge in [0.1, 0.15) is 12.1 Å². The van der Waals surface area contributed by atoms with E-state index in [2.05, 4.69) is 25.5 Å². The number of hydrogen-bond donors (Lipinski definition) is 2. The highest BCUT2D eigenvalue weighted by molar-refractivity contribution is 5.94. The number of rotatable bonds is 7. The van der Waals surface area contributed by atoms with E-state index in [1.165, 1.54) is 51.4 Å². The first-order valence-corrected chi connectivity index (χ1v) is 11.5. The molecule has 30 heavy (non-hydrogen) atoms. The minimum Gasteiger partial charge on any atom is -0.367 e. The van der Waals surface area contributed by atoms with Gasteiger partial charge >= 0.3 is 0 Å². The van der Waals surface area contributed by atoms with Crippen LogP contribution in [0.3, 0.4) is 0 Å². The zero-order chi connectivity index (χ0) is 20.6. The average molecular weight is 408 g/mol. The molecule has 1 aliphatic carbocycles. The molecule has 1 aliphatic heterocycles. The maximum Gasteiger partial charge on any atom is 0.251 e. The first kappa shape index (κ1) is 20.8. The molecule has 160 valence electrons. The van der Waals surface area contributed by atoms with Crippen molar-refractivity contribution in [3.05, 3.63) is 42.2 Å². The minimum absolute atomic E-state index is 0.0131. The summed E-state index contributed by atoms with van der Waals surface area (Å²) >= 11 is 0. The quantitative estimate of drug-likeness (QED) is 0.723. The van der Waals surface area contributed by atoms with Crippen LogP contribution in [0.15, 0.2) is 36.7 Å². The molecular formula is C24H33N5O. The maximum absolute atomic E-state index is 12.4. The first-order valence-electron chi connectivity index (χ1n) is 11.5. The van der Waals surface area contributed by atoms with Gasteiger partial charge < -0.3 is 15.5 Å². The summed E-state index contributed by atoms with van der Waals surface area (Å²) in [5.74, 6) is 0.868. The highest BCUT2D eigenvalue weighted by atomic mass is 16.1. The van der Waals surface area contributed by atoms with E-state index in [0.717, 1.165) is 36.7 Å². The molecule has 1 aromatic heterocycles. The lowest BCUT2D eigenvalue weighted by atomic mass is 9.95. The topological polar surface area (TPSA) is 70.2 Å². The van der Waals surface area contributed by atoms with Gasteiger partial charge in [-0.25, -0.2) is 9.97 Å². The Balaban J connectivity index is 1.31. The summed E-state index contributed by atoms with van der Waals surface area (Å²) in [4.78, 5) is 23.7. The van der Waals surface area contributed by atoms with Crippen molar-refractivity contribution in [2.75, 3.05) is 31.5 Å². The smallest absolute Gasteiger partial charge is 0.251 e. The van der Waals surface area contributed by atoms with Gasteiger partial charge in [0, 0.05) is 36.3 Å². The monoisotopic (exact) mass is 407 g/mol. The fraction of sp³-hybridized carbons (Fsp3) is 0.542. The van der Waals surface area contributed by atoms with Crippen LogP contribution in [0.2, 0.25) is 0 Å². The zero-order valence-electron chi connectivity index (χ0n) is 17.8. The first-order chi connectivity index (χ1) is 14.8. The van der Waals surface area contributed by atoms with Crippen molar-refractivity contribution in [3.8, 4) is 11.3 Å². The number of likely N-dealkylation sites (tertiary alicyclic amines) is 1. The standard InChI is InChI=1S/C24H33N5O/c30-24(25-13-16-29-14-5-2-6-15-29)20-11-9-19(10-12-20)22-17-23(27-18-26-22)28-21-7-3-1-4-8-21/h9-12,17-18,21H,1-8,13-16H2,(H,25,30)(H,26,27,28). The Morgan fingerprint density at radius 3 is 2.47 bits per heavy atom. The number of anilines is 1. The number of piperidine rings is 1. The molecule has 6 heteroatoms. The molecule has 2 aromatic rings. The Bertz CT molecular complexity index is 811. The molecule has 2 N–H and O–H groups in total. The molecule has 2 heterocycles. The van der Waals surface area contributed by atoms with Crippen LogP contribution in [0.4, 0.5) is 5.82 Å². The summed E-state index contributed by atoms with van der Waals surface area (Å²) in [7, 11) is 0. The van der Waals surface area contributed by atoms with Crippen molar-refractivity contribution in [1.29, 1.82) is 0 Å². The van der Waals surface area contributed by atoms with Crippen LogP contribution in [0.1, 0.15) is 61.7 Å². The number of nitrogens with zero attached hydrogens (tertiary/aromatic N) is 3. The van der Waals surface area contributed by atoms with Gasteiger partial charge in [-0.1, -0.05) is 37.8 Å². The summed E-state index contributed by atoms with van der Waals surface area (Å²) in [6.07, 6.45) is 11.8. The summed E-state index contributed by atoms with van der Waals surface area (Å²) < 4.78 is 0. The molecule has 0 radical (unpaired) electrons. The molecule has 6 nitrogen and oxygen atoms in total. The number of carbonyl (C=O) groups excluding carboxylic acids is 1. The van der Waals surface area contributed by atoms with Crippen LogP contribution in [0.5, 0.6) is 0 Å². The Hall–Kier alpha value is -2.47. The second-order valence-electron chi connectivity index (χ2n) is 8.50. The van der Waals surface area contributed by atoms with Crippen LogP contribution in [-0.4, -0.2) is 53.0 Å². The van der Waals surface area contributed by atoms with E-state index in [1.54, 1.807) is 6.33 Å².